The van der Waals surface area contributed by atoms with Gasteiger partial charge < -0.3 is 14.7 Å². The molecule has 0 saturated carbocycles. The zero-order chi connectivity index (χ0) is 11.1. The monoisotopic (exact) mass is 211 g/mol. The highest BCUT2D eigenvalue weighted by molar-refractivity contribution is 5.83. The molecule has 0 aromatic heterocycles. The van der Waals surface area contributed by atoms with Crippen molar-refractivity contribution in [1.82, 2.24) is 4.90 Å². The van der Waals surface area contributed by atoms with Crippen LogP contribution in [0.15, 0.2) is 0 Å². The molecule has 0 radical (unpaired) electrons. The Kier molecular flexibility index (Phi) is 5.70. The summed E-state index contributed by atoms with van der Waals surface area (Å²) in [6.45, 7) is -0.885. The minimum atomic E-state index is -3.19. The van der Waals surface area contributed by atoms with E-state index in [-0.39, 0.29) is 13.2 Å². The lowest BCUT2D eigenvalue weighted by Gasteiger charge is -2.19. The number of alkyl halides is 2. The summed E-state index contributed by atoms with van der Waals surface area (Å²) < 4.78 is 28.4. The number of carbonyl (C=O) groups excluding carboxylic acids is 1. The maximum atomic E-state index is 11.9. The van der Waals surface area contributed by atoms with E-state index in [2.05, 4.69) is 4.74 Å². The SMILES string of the molecule is COCCN(CC(=O)O)C(=O)C(F)F. The maximum absolute atomic E-state index is 11.9. The van der Waals surface area contributed by atoms with Gasteiger partial charge in [0.1, 0.15) is 6.54 Å². The number of halogens is 2. The zero-order valence-electron chi connectivity index (χ0n) is 7.57. The predicted octanol–water partition coefficient (Wildman–Crippen LogP) is -0.189. The van der Waals surface area contributed by atoms with Gasteiger partial charge >= 0.3 is 12.4 Å². The Morgan fingerprint density at radius 2 is 2.07 bits per heavy atom. The number of hydrogen-bond acceptors (Lipinski definition) is 3. The fourth-order valence-corrected chi connectivity index (χ4v) is 0.770. The second kappa shape index (κ2) is 6.25. The molecule has 0 aliphatic rings. The molecule has 0 spiro atoms. The molecule has 7 heteroatoms. The molecule has 0 aliphatic carbocycles. The van der Waals surface area contributed by atoms with Crippen molar-refractivity contribution in [2.24, 2.45) is 0 Å². The van der Waals surface area contributed by atoms with Gasteiger partial charge in [-0.15, -0.1) is 0 Å². The molecule has 1 amide bonds. The molecular formula is C7H11F2NO4. The van der Waals surface area contributed by atoms with Crippen LogP contribution in [0.25, 0.3) is 0 Å². The van der Waals surface area contributed by atoms with E-state index in [1.54, 1.807) is 0 Å². The molecule has 1 N–H and O–H groups in total. The average molecular weight is 211 g/mol. The largest absolute Gasteiger partial charge is 0.480 e. The first kappa shape index (κ1) is 12.8. The van der Waals surface area contributed by atoms with Gasteiger partial charge in [-0.2, -0.15) is 8.78 Å². The van der Waals surface area contributed by atoms with Crippen molar-refractivity contribution in [2.45, 2.75) is 6.43 Å². The molecular weight excluding hydrogens is 200 g/mol. The number of ether oxygens (including phenoxy) is 1. The fourth-order valence-electron chi connectivity index (χ4n) is 0.770. The number of carboxylic acid groups (broad SMARTS) is 1. The highest BCUT2D eigenvalue weighted by atomic mass is 19.3. The Hall–Kier alpha value is -1.24. The average Bonchev–Trinajstić information content (AvgIpc) is 2.10. The van der Waals surface area contributed by atoms with Gasteiger partial charge in [0.2, 0.25) is 0 Å². The van der Waals surface area contributed by atoms with Crippen LogP contribution in [0, 0.1) is 0 Å². The van der Waals surface area contributed by atoms with Crippen molar-refractivity contribution in [3.8, 4) is 0 Å². The van der Waals surface area contributed by atoms with E-state index in [1.807, 2.05) is 0 Å². The number of methoxy groups -OCH3 is 1. The number of amides is 1. The van der Waals surface area contributed by atoms with Crippen LogP contribution in [0.5, 0.6) is 0 Å². The topological polar surface area (TPSA) is 66.8 Å². The Labute approximate surface area is 79.3 Å². The van der Waals surface area contributed by atoms with Crippen LogP contribution < -0.4 is 0 Å². The molecule has 0 atom stereocenters. The quantitative estimate of drug-likeness (QED) is 0.661. The Balaban J connectivity index is 4.22. The van der Waals surface area contributed by atoms with Crippen LogP contribution in [-0.2, 0) is 14.3 Å². The molecule has 82 valence electrons. The Morgan fingerprint density at radius 1 is 1.50 bits per heavy atom. The van der Waals surface area contributed by atoms with E-state index in [0.717, 1.165) is 0 Å². The maximum Gasteiger partial charge on any atom is 0.323 e. The first-order valence-electron chi connectivity index (χ1n) is 3.76. The highest BCUT2D eigenvalue weighted by Crippen LogP contribution is 2.00. The first-order valence-corrected chi connectivity index (χ1v) is 3.76. The van der Waals surface area contributed by atoms with E-state index < -0.39 is 24.8 Å². The summed E-state index contributed by atoms with van der Waals surface area (Å²) in [4.78, 5) is 21.5. The van der Waals surface area contributed by atoms with E-state index in [4.69, 9.17) is 5.11 Å². The molecule has 0 rings (SSSR count). The zero-order valence-corrected chi connectivity index (χ0v) is 7.57. The van der Waals surface area contributed by atoms with Crippen LogP contribution in [0.2, 0.25) is 0 Å². The number of rotatable bonds is 6. The third-order valence-electron chi connectivity index (χ3n) is 1.39. The lowest BCUT2D eigenvalue weighted by Crippen LogP contribution is -2.41. The molecule has 0 fully saturated rings. The van der Waals surface area contributed by atoms with Crippen LogP contribution in [0.4, 0.5) is 8.78 Å². The summed E-state index contributed by atoms with van der Waals surface area (Å²) in [7, 11) is 1.33. The molecule has 0 saturated heterocycles. The van der Waals surface area contributed by atoms with Gasteiger partial charge in [-0.25, -0.2) is 0 Å². The number of nitrogens with zero attached hydrogens (tertiary/aromatic N) is 1. The van der Waals surface area contributed by atoms with E-state index in [0.29, 0.717) is 4.90 Å². The number of carboxylic acids is 1. The Bertz CT molecular complexity index is 210. The molecule has 0 unspecified atom stereocenters. The molecule has 0 aromatic rings. The van der Waals surface area contributed by atoms with Crippen molar-refractivity contribution in [2.75, 3.05) is 26.8 Å². The Morgan fingerprint density at radius 3 is 2.43 bits per heavy atom. The molecule has 5 nitrogen and oxygen atoms in total. The molecule has 0 aliphatic heterocycles. The molecule has 0 bridgehead atoms. The van der Waals surface area contributed by atoms with Crippen LogP contribution in [0.1, 0.15) is 0 Å². The lowest BCUT2D eigenvalue weighted by atomic mass is 10.4. The highest BCUT2D eigenvalue weighted by Gasteiger charge is 2.24. The summed E-state index contributed by atoms with van der Waals surface area (Å²) in [6.07, 6.45) is -3.19. The van der Waals surface area contributed by atoms with Crippen molar-refractivity contribution in [1.29, 1.82) is 0 Å². The summed E-state index contributed by atoms with van der Waals surface area (Å²) in [5, 5.41) is 8.33. The number of aliphatic carboxylic acids is 1. The van der Waals surface area contributed by atoms with Gasteiger partial charge in [-0.05, 0) is 0 Å². The lowest BCUT2D eigenvalue weighted by molar-refractivity contribution is -0.150. The predicted molar refractivity (Wildman–Crippen MR) is 42.1 cm³/mol. The van der Waals surface area contributed by atoms with Gasteiger partial charge in [-0.1, -0.05) is 0 Å². The van der Waals surface area contributed by atoms with Crippen LogP contribution in [0.3, 0.4) is 0 Å². The molecule has 0 aromatic carbocycles. The number of hydrogen-bond donors (Lipinski definition) is 1. The van der Waals surface area contributed by atoms with Crippen molar-refractivity contribution >= 4 is 11.9 Å². The second-order valence-electron chi connectivity index (χ2n) is 2.45. The van der Waals surface area contributed by atoms with Crippen LogP contribution >= 0.6 is 0 Å². The first-order chi connectivity index (χ1) is 6.49. The molecule has 14 heavy (non-hydrogen) atoms. The van der Waals surface area contributed by atoms with Crippen LogP contribution in [-0.4, -0.2) is 55.1 Å². The van der Waals surface area contributed by atoms with Gasteiger partial charge in [-0.3, -0.25) is 9.59 Å². The third kappa shape index (κ3) is 4.70. The normalized spacial score (nSPS) is 10.3. The summed E-state index contributed by atoms with van der Waals surface area (Å²) in [5.41, 5.74) is 0. The van der Waals surface area contributed by atoms with Gasteiger partial charge in [0.05, 0.1) is 6.61 Å². The van der Waals surface area contributed by atoms with Gasteiger partial charge in [0.15, 0.2) is 0 Å². The smallest absolute Gasteiger partial charge is 0.323 e. The third-order valence-corrected chi connectivity index (χ3v) is 1.39. The van der Waals surface area contributed by atoms with Gasteiger partial charge in [0, 0.05) is 13.7 Å². The standard InChI is InChI=1S/C7H11F2NO4/c1-14-3-2-10(4-5(11)12)7(13)6(8)9/h6H,2-4H2,1H3,(H,11,12). The summed E-state index contributed by atoms with van der Waals surface area (Å²) in [6, 6.07) is 0. The molecule has 0 heterocycles. The van der Waals surface area contributed by atoms with E-state index in [9.17, 15) is 18.4 Å². The summed E-state index contributed by atoms with van der Waals surface area (Å²) >= 11 is 0. The van der Waals surface area contributed by atoms with Crippen molar-refractivity contribution in [3.63, 3.8) is 0 Å². The van der Waals surface area contributed by atoms with Gasteiger partial charge in [0.25, 0.3) is 5.91 Å². The van der Waals surface area contributed by atoms with Crippen molar-refractivity contribution in [3.05, 3.63) is 0 Å². The number of carbonyl (C=O) groups is 2. The fraction of sp³-hybridized carbons (Fsp3) is 0.714. The van der Waals surface area contributed by atoms with Crippen molar-refractivity contribution < 1.29 is 28.2 Å². The van der Waals surface area contributed by atoms with E-state index in [1.165, 1.54) is 7.11 Å². The minimum Gasteiger partial charge on any atom is -0.480 e. The minimum absolute atomic E-state index is 0.0196. The van der Waals surface area contributed by atoms with E-state index >= 15 is 0 Å². The summed E-state index contributed by atoms with van der Waals surface area (Å²) in [5.74, 6) is -2.83. The second-order valence-corrected chi connectivity index (χ2v) is 2.45.